The molecule has 1 amide bonds. The van der Waals surface area contributed by atoms with E-state index in [0.29, 0.717) is 12.0 Å². The maximum Gasteiger partial charge on any atom is 0.255 e. The number of nitrogens with two attached hydrogens (primary N) is 1. The average molecular weight is 291 g/mol. The van der Waals surface area contributed by atoms with E-state index in [4.69, 9.17) is 5.73 Å². The van der Waals surface area contributed by atoms with Gasteiger partial charge in [0.25, 0.3) is 5.91 Å². The van der Waals surface area contributed by atoms with Gasteiger partial charge in [-0.3, -0.25) is 4.79 Å². The molecule has 0 aromatic carbocycles. The first-order valence-corrected chi connectivity index (χ1v) is 8.06. The van der Waals surface area contributed by atoms with E-state index in [1.54, 1.807) is 0 Å². The molecule has 2 N–H and O–H groups in total. The number of amides is 1. The normalized spacial score (nSPS) is 20.9. The molecular weight excluding hydrogens is 262 g/mol. The monoisotopic (exact) mass is 291 g/mol. The van der Waals surface area contributed by atoms with Crippen molar-refractivity contribution in [2.75, 3.05) is 13.1 Å². The largest absolute Gasteiger partial charge is 0.346 e. The zero-order valence-electron chi connectivity index (χ0n) is 14.0. The lowest BCUT2D eigenvalue weighted by Gasteiger charge is -2.34. The molecule has 2 unspecified atom stereocenters. The topological polar surface area (TPSA) is 51.3 Å². The maximum atomic E-state index is 12.8. The molecule has 0 aliphatic carbocycles. The van der Waals surface area contributed by atoms with Gasteiger partial charge in [0.15, 0.2) is 0 Å². The van der Waals surface area contributed by atoms with E-state index in [-0.39, 0.29) is 11.9 Å². The van der Waals surface area contributed by atoms with E-state index in [9.17, 15) is 4.79 Å². The lowest BCUT2D eigenvalue weighted by Crippen LogP contribution is -2.45. The molecule has 2 heterocycles. The third-order valence-corrected chi connectivity index (χ3v) is 4.72. The number of rotatable bonds is 3. The molecule has 2 rings (SSSR count). The summed E-state index contributed by atoms with van der Waals surface area (Å²) in [5.74, 6) is 0.594. The molecule has 21 heavy (non-hydrogen) atoms. The van der Waals surface area contributed by atoms with Crippen LogP contribution < -0.4 is 5.73 Å². The Hall–Kier alpha value is -1.29. The highest BCUT2D eigenvalue weighted by atomic mass is 16.2. The molecule has 1 fully saturated rings. The van der Waals surface area contributed by atoms with E-state index in [1.807, 2.05) is 24.8 Å². The summed E-state index contributed by atoms with van der Waals surface area (Å²) in [5, 5.41) is 0. The first-order valence-electron chi connectivity index (χ1n) is 8.06. The minimum atomic E-state index is 0.156. The standard InChI is InChI=1S/C17H29N3O/c1-11(2)20-12(3)9-16(14(20)5)17(21)19-8-6-7-15(10-19)13(4)18/h9,11,13,15H,6-8,10,18H2,1-5H3. The van der Waals surface area contributed by atoms with Crippen LogP contribution in [0, 0.1) is 19.8 Å². The van der Waals surface area contributed by atoms with Crippen molar-refractivity contribution in [3.05, 3.63) is 23.0 Å². The van der Waals surface area contributed by atoms with Gasteiger partial charge in [0.1, 0.15) is 0 Å². The Balaban J connectivity index is 2.22. The van der Waals surface area contributed by atoms with Crippen LogP contribution in [0.5, 0.6) is 0 Å². The fourth-order valence-electron chi connectivity index (χ4n) is 3.58. The second-order valence-electron chi connectivity index (χ2n) is 6.76. The van der Waals surface area contributed by atoms with E-state index < -0.39 is 0 Å². The SMILES string of the molecule is Cc1cc(C(=O)N2CCCC(C(C)N)C2)c(C)n1C(C)C. The smallest absolute Gasteiger partial charge is 0.255 e. The molecule has 1 aromatic rings. The van der Waals surface area contributed by atoms with E-state index in [0.717, 1.165) is 42.9 Å². The summed E-state index contributed by atoms with van der Waals surface area (Å²) in [7, 11) is 0. The number of likely N-dealkylation sites (tertiary alicyclic amines) is 1. The molecule has 2 atom stereocenters. The Morgan fingerprint density at radius 1 is 1.33 bits per heavy atom. The van der Waals surface area contributed by atoms with Gasteiger partial charge in [-0.05, 0) is 59.4 Å². The Morgan fingerprint density at radius 2 is 2.00 bits per heavy atom. The van der Waals surface area contributed by atoms with Crippen molar-refractivity contribution in [3.8, 4) is 0 Å². The van der Waals surface area contributed by atoms with Crippen LogP contribution in [0.1, 0.15) is 61.4 Å². The predicted molar refractivity (Wildman–Crippen MR) is 86.6 cm³/mol. The summed E-state index contributed by atoms with van der Waals surface area (Å²) < 4.78 is 2.24. The summed E-state index contributed by atoms with van der Waals surface area (Å²) >= 11 is 0. The van der Waals surface area contributed by atoms with Crippen molar-refractivity contribution in [3.63, 3.8) is 0 Å². The zero-order chi connectivity index (χ0) is 15.7. The molecule has 0 saturated carbocycles. The van der Waals surface area contributed by atoms with Crippen LogP contribution in [0.4, 0.5) is 0 Å². The van der Waals surface area contributed by atoms with E-state index in [2.05, 4.69) is 25.3 Å². The van der Waals surface area contributed by atoms with Gasteiger partial charge in [0.2, 0.25) is 0 Å². The molecule has 0 radical (unpaired) electrons. The number of hydrogen-bond donors (Lipinski definition) is 1. The van der Waals surface area contributed by atoms with Gasteiger partial charge in [0, 0.05) is 36.6 Å². The fraction of sp³-hybridized carbons (Fsp3) is 0.706. The van der Waals surface area contributed by atoms with Gasteiger partial charge in [-0.2, -0.15) is 0 Å². The van der Waals surface area contributed by atoms with Gasteiger partial charge >= 0.3 is 0 Å². The molecule has 4 heteroatoms. The van der Waals surface area contributed by atoms with Crippen molar-refractivity contribution in [1.82, 2.24) is 9.47 Å². The highest BCUT2D eigenvalue weighted by Gasteiger charge is 2.28. The van der Waals surface area contributed by atoms with Gasteiger partial charge in [-0.15, -0.1) is 0 Å². The van der Waals surface area contributed by atoms with Gasteiger partial charge in [-0.25, -0.2) is 0 Å². The Morgan fingerprint density at radius 3 is 2.52 bits per heavy atom. The highest BCUT2D eigenvalue weighted by Crippen LogP contribution is 2.25. The summed E-state index contributed by atoms with van der Waals surface area (Å²) in [6.45, 7) is 12.1. The highest BCUT2D eigenvalue weighted by molar-refractivity contribution is 5.95. The van der Waals surface area contributed by atoms with Crippen molar-refractivity contribution < 1.29 is 4.79 Å². The summed E-state index contributed by atoms with van der Waals surface area (Å²) in [6.07, 6.45) is 2.19. The molecule has 0 spiro atoms. The molecule has 1 aromatic heterocycles. The second kappa shape index (κ2) is 6.22. The van der Waals surface area contributed by atoms with Crippen LogP contribution in [-0.4, -0.2) is 34.5 Å². The van der Waals surface area contributed by atoms with Crippen LogP contribution in [0.25, 0.3) is 0 Å². The first-order chi connectivity index (χ1) is 9.82. The molecule has 1 aliphatic rings. The lowest BCUT2D eigenvalue weighted by molar-refractivity contribution is 0.0660. The average Bonchev–Trinajstić information content (AvgIpc) is 2.73. The maximum absolute atomic E-state index is 12.8. The van der Waals surface area contributed by atoms with Crippen LogP contribution in [0.2, 0.25) is 0 Å². The molecule has 1 aliphatic heterocycles. The van der Waals surface area contributed by atoms with Crippen LogP contribution in [0.3, 0.4) is 0 Å². The third kappa shape index (κ3) is 3.15. The number of carbonyl (C=O) groups is 1. The Bertz CT molecular complexity index is 516. The minimum absolute atomic E-state index is 0.156. The van der Waals surface area contributed by atoms with Gasteiger partial charge < -0.3 is 15.2 Å². The van der Waals surface area contributed by atoms with Crippen molar-refractivity contribution in [2.24, 2.45) is 11.7 Å². The molecule has 1 saturated heterocycles. The first kappa shape index (κ1) is 16.1. The number of aryl methyl sites for hydroxylation is 1. The van der Waals surface area contributed by atoms with Crippen molar-refractivity contribution >= 4 is 5.91 Å². The Labute approximate surface area is 128 Å². The minimum Gasteiger partial charge on any atom is -0.346 e. The summed E-state index contributed by atoms with van der Waals surface area (Å²) in [5.41, 5.74) is 9.12. The van der Waals surface area contributed by atoms with E-state index in [1.165, 1.54) is 0 Å². The predicted octanol–water partition coefficient (Wildman–Crippen LogP) is 2.89. The molecular formula is C17H29N3O. The van der Waals surface area contributed by atoms with E-state index >= 15 is 0 Å². The fourth-order valence-corrected chi connectivity index (χ4v) is 3.58. The zero-order valence-corrected chi connectivity index (χ0v) is 14.0. The van der Waals surface area contributed by atoms with Crippen LogP contribution >= 0.6 is 0 Å². The summed E-state index contributed by atoms with van der Waals surface area (Å²) in [6, 6.07) is 2.57. The number of hydrogen-bond acceptors (Lipinski definition) is 2. The van der Waals surface area contributed by atoms with Crippen LogP contribution in [0.15, 0.2) is 6.07 Å². The quantitative estimate of drug-likeness (QED) is 0.931. The van der Waals surface area contributed by atoms with Gasteiger partial charge in [0.05, 0.1) is 5.56 Å². The number of carbonyl (C=O) groups excluding carboxylic acids is 1. The van der Waals surface area contributed by atoms with Gasteiger partial charge in [-0.1, -0.05) is 0 Å². The molecule has 4 nitrogen and oxygen atoms in total. The summed E-state index contributed by atoms with van der Waals surface area (Å²) in [4.78, 5) is 14.8. The van der Waals surface area contributed by atoms with Crippen molar-refractivity contribution in [2.45, 2.75) is 59.5 Å². The number of nitrogens with zero attached hydrogens (tertiary/aromatic N) is 2. The Kier molecular flexibility index (Phi) is 4.77. The lowest BCUT2D eigenvalue weighted by atomic mass is 9.92. The number of aromatic nitrogens is 1. The van der Waals surface area contributed by atoms with Crippen LogP contribution in [-0.2, 0) is 0 Å². The molecule has 118 valence electrons. The second-order valence-corrected chi connectivity index (χ2v) is 6.76. The van der Waals surface area contributed by atoms with Crippen molar-refractivity contribution in [1.29, 1.82) is 0 Å². The molecule has 0 bridgehead atoms. The third-order valence-electron chi connectivity index (χ3n) is 4.72. The number of piperidine rings is 1.